The molecule has 0 radical (unpaired) electrons. The lowest BCUT2D eigenvalue weighted by Gasteiger charge is -2.19. The van der Waals surface area contributed by atoms with Gasteiger partial charge in [0.2, 0.25) is 0 Å². The smallest absolute Gasteiger partial charge is 0.407 e. The molecular weight excluding hydrogens is 283 g/mol. The minimum atomic E-state index is -0.510. The largest absolute Gasteiger partial charge is 0.444 e. The average molecular weight is 303 g/mol. The van der Waals surface area contributed by atoms with Gasteiger partial charge in [-0.15, -0.1) is 0 Å². The molecule has 1 amide bonds. The van der Waals surface area contributed by atoms with Crippen LogP contribution in [0.1, 0.15) is 26.3 Å². The highest BCUT2D eigenvalue weighted by Gasteiger charge is 2.15. The van der Waals surface area contributed by atoms with Crippen molar-refractivity contribution in [3.8, 4) is 0 Å². The lowest BCUT2D eigenvalue weighted by molar-refractivity contribution is 0.0528. The Hall–Kier alpha value is -1.33. The highest BCUT2D eigenvalue weighted by molar-refractivity contribution is 6.30. The Morgan fingerprint density at radius 2 is 2.05 bits per heavy atom. The Morgan fingerprint density at radius 1 is 1.35 bits per heavy atom. The first-order chi connectivity index (χ1) is 9.28. The predicted molar refractivity (Wildman–Crippen MR) is 77.4 cm³/mol. The van der Waals surface area contributed by atoms with E-state index in [0.717, 1.165) is 0 Å². The zero-order valence-electron chi connectivity index (χ0n) is 11.9. The fourth-order valence-corrected chi connectivity index (χ4v) is 1.61. The predicted octanol–water partition coefficient (Wildman–Crippen LogP) is 3.09. The number of alkyl carbamates (subject to hydrolysis) is 1. The van der Waals surface area contributed by atoms with Gasteiger partial charge in [-0.3, -0.25) is 0 Å². The van der Waals surface area contributed by atoms with E-state index in [9.17, 15) is 9.18 Å². The number of nitrogens with one attached hydrogen (secondary N) is 2. The molecular formula is C14H20ClFN2O2. The first kappa shape index (κ1) is 16.7. The third-order valence-electron chi connectivity index (χ3n) is 2.30. The lowest BCUT2D eigenvalue weighted by Crippen LogP contribution is -2.36. The van der Waals surface area contributed by atoms with Gasteiger partial charge in [0.25, 0.3) is 0 Å². The number of hydrogen-bond donors (Lipinski definition) is 2. The monoisotopic (exact) mass is 302 g/mol. The van der Waals surface area contributed by atoms with E-state index in [0.29, 0.717) is 30.2 Å². The lowest BCUT2D eigenvalue weighted by atomic mass is 10.2. The van der Waals surface area contributed by atoms with Crippen molar-refractivity contribution in [3.05, 3.63) is 34.6 Å². The van der Waals surface area contributed by atoms with Crippen LogP contribution in [0.25, 0.3) is 0 Å². The molecule has 1 aromatic rings. The van der Waals surface area contributed by atoms with Crippen molar-refractivity contribution in [3.63, 3.8) is 0 Å². The second kappa shape index (κ2) is 7.45. The van der Waals surface area contributed by atoms with E-state index in [4.69, 9.17) is 16.3 Å². The molecule has 0 unspecified atom stereocenters. The molecule has 20 heavy (non-hydrogen) atoms. The first-order valence-corrected chi connectivity index (χ1v) is 6.77. The molecule has 1 aromatic carbocycles. The van der Waals surface area contributed by atoms with Crippen molar-refractivity contribution in [2.24, 2.45) is 0 Å². The summed E-state index contributed by atoms with van der Waals surface area (Å²) in [4.78, 5) is 11.3. The third-order valence-corrected chi connectivity index (χ3v) is 2.54. The molecule has 0 aliphatic rings. The molecule has 0 fully saturated rings. The van der Waals surface area contributed by atoms with Crippen molar-refractivity contribution in [1.29, 1.82) is 0 Å². The molecule has 6 heteroatoms. The second-order valence-corrected chi connectivity index (χ2v) is 5.78. The van der Waals surface area contributed by atoms with Crippen LogP contribution in [0.2, 0.25) is 5.02 Å². The fraction of sp³-hybridized carbons (Fsp3) is 0.500. The van der Waals surface area contributed by atoms with E-state index in [-0.39, 0.29) is 5.82 Å². The molecule has 0 atom stereocenters. The Balaban J connectivity index is 2.21. The molecule has 0 heterocycles. The van der Waals surface area contributed by atoms with Crippen LogP contribution in [0, 0.1) is 5.82 Å². The standard InChI is InChI=1S/C14H20ClFN2O2/c1-14(2,3)20-13(19)18-7-6-17-9-10-4-5-11(15)8-12(10)16/h4-5,8,17H,6-7,9H2,1-3H3,(H,18,19). The average Bonchev–Trinajstić information content (AvgIpc) is 2.28. The van der Waals surface area contributed by atoms with Gasteiger partial charge >= 0.3 is 6.09 Å². The van der Waals surface area contributed by atoms with Crippen LogP contribution >= 0.6 is 11.6 Å². The summed E-state index contributed by atoms with van der Waals surface area (Å²) in [6.45, 7) is 6.70. The maximum atomic E-state index is 13.5. The van der Waals surface area contributed by atoms with Crippen LogP contribution in [0.15, 0.2) is 18.2 Å². The molecule has 0 saturated heterocycles. The first-order valence-electron chi connectivity index (χ1n) is 6.39. The summed E-state index contributed by atoms with van der Waals surface area (Å²) < 4.78 is 18.5. The number of carbonyl (C=O) groups is 1. The molecule has 0 saturated carbocycles. The maximum Gasteiger partial charge on any atom is 0.407 e. The van der Waals surface area contributed by atoms with Gasteiger partial charge in [-0.25, -0.2) is 9.18 Å². The van der Waals surface area contributed by atoms with Crippen molar-refractivity contribution in [2.75, 3.05) is 13.1 Å². The molecule has 2 N–H and O–H groups in total. The van der Waals surface area contributed by atoms with Gasteiger partial charge in [0.1, 0.15) is 11.4 Å². The Labute approximate surface area is 123 Å². The Morgan fingerprint density at radius 3 is 2.65 bits per heavy atom. The number of halogens is 2. The van der Waals surface area contributed by atoms with E-state index >= 15 is 0 Å². The van der Waals surface area contributed by atoms with Gasteiger partial charge < -0.3 is 15.4 Å². The minimum Gasteiger partial charge on any atom is -0.444 e. The number of amides is 1. The van der Waals surface area contributed by atoms with Crippen molar-refractivity contribution < 1.29 is 13.9 Å². The van der Waals surface area contributed by atoms with Crippen LogP contribution in [-0.4, -0.2) is 24.8 Å². The molecule has 0 aromatic heterocycles. The Kier molecular flexibility index (Phi) is 6.23. The zero-order valence-corrected chi connectivity index (χ0v) is 12.7. The molecule has 1 rings (SSSR count). The molecule has 0 bridgehead atoms. The number of carbonyl (C=O) groups excluding carboxylic acids is 1. The Bertz CT molecular complexity index is 461. The van der Waals surface area contributed by atoms with Crippen molar-refractivity contribution in [2.45, 2.75) is 32.9 Å². The molecule has 0 aliphatic heterocycles. The van der Waals surface area contributed by atoms with Crippen LogP contribution in [0.5, 0.6) is 0 Å². The topological polar surface area (TPSA) is 50.4 Å². The SMILES string of the molecule is CC(C)(C)OC(=O)NCCNCc1ccc(Cl)cc1F. The minimum absolute atomic E-state index is 0.342. The summed E-state index contributed by atoms with van der Waals surface area (Å²) in [5, 5.41) is 6.01. The van der Waals surface area contributed by atoms with Crippen LogP contribution in [0.4, 0.5) is 9.18 Å². The van der Waals surface area contributed by atoms with Crippen molar-refractivity contribution >= 4 is 17.7 Å². The molecule has 112 valence electrons. The molecule has 0 aliphatic carbocycles. The van der Waals surface area contributed by atoms with Crippen LogP contribution in [0.3, 0.4) is 0 Å². The number of rotatable bonds is 5. The van der Waals surface area contributed by atoms with E-state index in [1.807, 2.05) is 0 Å². The third kappa shape index (κ3) is 6.73. The van der Waals surface area contributed by atoms with Gasteiger partial charge in [0.15, 0.2) is 0 Å². The summed E-state index contributed by atoms with van der Waals surface area (Å²) in [5.41, 5.74) is 0.0240. The summed E-state index contributed by atoms with van der Waals surface area (Å²) in [5.74, 6) is -0.342. The normalized spacial score (nSPS) is 11.2. The van der Waals surface area contributed by atoms with Gasteiger partial charge in [0.05, 0.1) is 0 Å². The quantitative estimate of drug-likeness (QED) is 0.822. The van der Waals surface area contributed by atoms with E-state index in [1.54, 1.807) is 32.9 Å². The molecule has 0 spiro atoms. The number of benzene rings is 1. The molecule has 4 nitrogen and oxygen atoms in total. The van der Waals surface area contributed by atoms with E-state index in [1.165, 1.54) is 6.07 Å². The van der Waals surface area contributed by atoms with Gasteiger partial charge in [-0.05, 0) is 32.9 Å². The second-order valence-electron chi connectivity index (χ2n) is 5.34. The van der Waals surface area contributed by atoms with E-state index in [2.05, 4.69) is 10.6 Å². The fourth-order valence-electron chi connectivity index (χ4n) is 1.46. The highest BCUT2D eigenvalue weighted by Crippen LogP contribution is 2.14. The summed E-state index contributed by atoms with van der Waals surface area (Å²) in [7, 11) is 0. The summed E-state index contributed by atoms with van der Waals surface area (Å²) >= 11 is 5.67. The highest BCUT2D eigenvalue weighted by atomic mass is 35.5. The van der Waals surface area contributed by atoms with Gasteiger partial charge in [-0.1, -0.05) is 17.7 Å². The van der Waals surface area contributed by atoms with Crippen LogP contribution in [-0.2, 0) is 11.3 Å². The number of ether oxygens (including phenoxy) is 1. The van der Waals surface area contributed by atoms with E-state index < -0.39 is 11.7 Å². The summed E-state index contributed by atoms with van der Waals surface area (Å²) in [6.07, 6.45) is -0.461. The summed E-state index contributed by atoms with van der Waals surface area (Å²) in [6, 6.07) is 4.55. The van der Waals surface area contributed by atoms with Gasteiger partial charge in [-0.2, -0.15) is 0 Å². The van der Waals surface area contributed by atoms with Gasteiger partial charge in [0, 0.05) is 30.2 Å². The number of hydrogen-bond acceptors (Lipinski definition) is 3. The zero-order chi connectivity index (χ0) is 15.2. The van der Waals surface area contributed by atoms with Crippen LogP contribution < -0.4 is 10.6 Å². The maximum absolute atomic E-state index is 13.5. The van der Waals surface area contributed by atoms with Crippen molar-refractivity contribution in [1.82, 2.24) is 10.6 Å².